The highest BCUT2D eigenvalue weighted by Crippen LogP contribution is 2.41. The van der Waals surface area contributed by atoms with Gasteiger partial charge in [0.05, 0.1) is 12.7 Å². The molecule has 1 atom stereocenters. The zero-order chi connectivity index (χ0) is 17.2. The fourth-order valence-electron chi connectivity index (χ4n) is 3.20. The number of hydrogen-bond acceptors (Lipinski definition) is 4. The van der Waals surface area contributed by atoms with Crippen LogP contribution in [-0.4, -0.2) is 42.0 Å². The minimum Gasteiger partial charge on any atom is -0.493 e. The van der Waals surface area contributed by atoms with Gasteiger partial charge in [0, 0.05) is 5.56 Å². The zero-order valence-corrected chi connectivity index (χ0v) is 13.7. The van der Waals surface area contributed by atoms with Crippen molar-refractivity contribution in [3.05, 3.63) is 29.1 Å². The van der Waals surface area contributed by atoms with Gasteiger partial charge in [0.1, 0.15) is 5.92 Å². The van der Waals surface area contributed by atoms with E-state index in [9.17, 15) is 19.4 Å². The number of benzene rings is 1. The van der Waals surface area contributed by atoms with E-state index < -0.39 is 23.3 Å². The Kier molecular flexibility index (Phi) is 5.26. The highest BCUT2D eigenvalue weighted by atomic mass is 19.1. The summed E-state index contributed by atoms with van der Waals surface area (Å²) in [7, 11) is 1.31. The predicted molar refractivity (Wildman–Crippen MR) is 84.5 cm³/mol. The molecule has 1 heterocycles. The Morgan fingerprint density at radius 2 is 1.96 bits per heavy atom. The van der Waals surface area contributed by atoms with Crippen molar-refractivity contribution in [2.75, 3.05) is 20.2 Å². The summed E-state index contributed by atoms with van der Waals surface area (Å²) in [5.41, 5.74) is -0.540. The Labute approximate surface area is 135 Å². The van der Waals surface area contributed by atoms with E-state index in [-0.39, 0.29) is 17.2 Å². The third kappa shape index (κ3) is 3.48. The topological polar surface area (TPSA) is 78.8 Å². The monoisotopic (exact) mass is 325 g/mol. The second-order valence-corrected chi connectivity index (χ2v) is 6.40. The maximum Gasteiger partial charge on any atom is 0.314 e. The molecular formula is C17H24FNO4. The maximum absolute atomic E-state index is 14.4. The van der Waals surface area contributed by atoms with Crippen LogP contribution in [0.3, 0.4) is 0 Å². The molecule has 0 saturated carbocycles. The SMILES string of the molecule is COc1c(F)cc(C(C)C)cc1C(C(=O)O)C1(O)CCNCC1. The Balaban J connectivity index is 2.60. The van der Waals surface area contributed by atoms with Crippen LogP contribution >= 0.6 is 0 Å². The quantitative estimate of drug-likeness (QED) is 0.774. The van der Waals surface area contributed by atoms with E-state index in [1.165, 1.54) is 13.2 Å². The van der Waals surface area contributed by atoms with Gasteiger partial charge in [-0.3, -0.25) is 4.79 Å². The van der Waals surface area contributed by atoms with Crippen LogP contribution in [-0.2, 0) is 4.79 Å². The molecule has 6 heteroatoms. The van der Waals surface area contributed by atoms with Gasteiger partial charge in [0.2, 0.25) is 0 Å². The van der Waals surface area contributed by atoms with E-state index >= 15 is 0 Å². The molecule has 23 heavy (non-hydrogen) atoms. The molecule has 0 bridgehead atoms. The molecule has 0 radical (unpaired) electrons. The van der Waals surface area contributed by atoms with Gasteiger partial charge in [-0.15, -0.1) is 0 Å². The summed E-state index contributed by atoms with van der Waals surface area (Å²) in [5, 5.41) is 23.7. The van der Waals surface area contributed by atoms with Crippen LogP contribution in [0.4, 0.5) is 4.39 Å². The molecule has 1 fully saturated rings. The van der Waals surface area contributed by atoms with Crippen molar-refractivity contribution in [1.29, 1.82) is 0 Å². The molecule has 128 valence electrons. The second-order valence-electron chi connectivity index (χ2n) is 6.40. The minimum absolute atomic E-state index is 0.0336. The van der Waals surface area contributed by atoms with E-state index in [0.717, 1.165) is 0 Å². The van der Waals surface area contributed by atoms with Crippen LogP contribution in [0.5, 0.6) is 5.75 Å². The normalized spacial score (nSPS) is 18.7. The van der Waals surface area contributed by atoms with Gasteiger partial charge in [-0.2, -0.15) is 0 Å². The van der Waals surface area contributed by atoms with E-state index in [4.69, 9.17) is 4.74 Å². The summed E-state index contributed by atoms with van der Waals surface area (Å²) in [4.78, 5) is 11.9. The van der Waals surface area contributed by atoms with Crippen molar-refractivity contribution in [2.24, 2.45) is 0 Å². The van der Waals surface area contributed by atoms with Gasteiger partial charge in [0.25, 0.3) is 0 Å². The standard InChI is InChI=1S/C17H24FNO4/c1-10(2)11-8-12(15(23-3)13(18)9-11)14(16(20)21)17(22)4-6-19-7-5-17/h8-10,14,19,22H,4-7H2,1-3H3,(H,20,21). The molecule has 5 nitrogen and oxygen atoms in total. The summed E-state index contributed by atoms with van der Waals surface area (Å²) in [6.07, 6.45) is 0.585. The Morgan fingerprint density at radius 1 is 1.35 bits per heavy atom. The average Bonchev–Trinajstić information content (AvgIpc) is 2.47. The van der Waals surface area contributed by atoms with Gasteiger partial charge in [0.15, 0.2) is 11.6 Å². The minimum atomic E-state index is -1.42. The smallest absolute Gasteiger partial charge is 0.314 e. The van der Waals surface area contributed by atoms with Crippen molar-refractivity contribution in [3.63, 3.8) is 0 Å². The molecule has 0 spiro atoms. The van der Waals surface area contributed by atoms with Crippen molar-refractivity contribution in [2.45, 2.75) is 44.1 Å². The van der Waals surface area contributed by atoms with Gasteiger partial charge in [-0.25, -0.2) is 4.39 Å². The lowest BCUT2D eigenvalue weighted by molar-refractivity contribution is -0.147. The molecule has 0 aliphatic carbocycles. The highest BCUT2D eigenvalue weighted by molar-refractivity contribution is 5.79. The molecule has 1 unspecified atom stereocenters. The number of hydrogen-bond donors (Lipinski definition) is 3. The fourth-order valence-corrected chi connectivity index (χ4v) is 3.20. The van der Waals surface area contributed by atoms with Crippen molar-refractivity contribution in [1.82, 2.24) is 5.32 Å². The van der Waals surface area contributed by atoms with Gasteiger partial charge >= 0.3 is 5.97 Å². The number of halogens is 1. The first kappa shape index (κ1) is 17.7. The van der Waals surface area contributed by atoms with E-state index in [0.29, 0.717) is 31.5 Å². The molecule has 0 aromatic heterocycles. The first-order chi connectivity index (χ1) is 10.8. The number of nitrogens with one attached hydrogen (secondary N) is 1. The number of carboxylic acid groups (broad SMARTS) is 1. The number of aliphatic carboxylic acids is 1. The van der Waals surface area contributed by atoms with E-state index in [1.54, 1.807) is 6.07 Å². The Bertz CT molecular complexity index is 582. The third-order valence-electron chi connectivity index (χ3n) is 4.53. The molecule has 1 saturated heterocycles. The molecule has 3 N–H and O–H groups in total. The van der Waals surface area contributed by atoms with Crippen LogP contribution in [0, 0.1) is 5.82 Å². The molecule has 2 rings (SSSR count). The third-order valence-corrected chi connectivity index (χ3v) is 4.53. The number of carboxylic acids is 1. The summed E-state index contributed by atoms with van der Waals surface area (Å²) < 4.78 is 19.5. The van der Waals surface area contributed by atoms with E-state index in [2.05, 4.69) is 5.32 Å². The highest BCUT2D eigenvalue weighted by Gasteiger charge is 2.45. The number of carbonyl (C=O) groups is 1. The van der Waals surface area contributed by atoms with Crippen LogP contribution in [0.1, 0.15) is 49.7 Å². The first-order valence-corrected chi connectivity index (χ1v) is 7.83. The number of ether oxygens (including phenoxy) is 1. The van der Waals surface area contributed by atoms with Crippen molar-refractivity contribution >= 4 is 5.97 Å². The molecule has 1 aliphatic rings. The maximum atomic E-state index is 14.4. The first-order valence-electron chi connectivity index (χ1n) is 7.83. The van der Waals surface area contributed by atoms with Crippen LogP contribution in [0.25, 0.3) is 0 Å². The number of rotatable bonds is 5. The molecule has 1 aromatic rings. The zero-order valence-electron chi connectivity index (χ0n) is 13.7. The number of methoxy groups -OCH3 is 1. The summed E-state index contributed by atoms with van der Waals surface area (Å²) >= 11 is 0. The van der Waals surface area contributed by atoms with Gasteiger partial charge in [-0.1, -0.05) is 19.9 Å². The second kappa shape index (κ2) is 6.84. The predicted octanol–water partition coefficient (Wildman–Crippen LogP) is 2.24. The largest absolute Gasteiger partial charge is 0.493 e. The van der Waals surface area contributed by atoms with Crippen molar-refractivity contribution < 1.29 is 24.1 Å². The van der Waals surface area contributed by atoms with Crippen LogP contribution in [0.2, 0.25) is 0 Å². The molecular weight excluding hydrogens is 301 g/mol. The van der Waals surface area contributed by atoms with Gasteiger partial charge < -0.3 is 20.3 Å². The van der Waals surface area contributed by atoms with Gasteiger partial charge in [-0.05, 0) is 43.5 Å². The summed E-state index contributed by atoms with van der Waals surface area (Å²) in [5.74, 6) is -3.07. The number of piperidine rings is 1. The summed E-state index contributed by atoms with van der Waals surface area (Å²) in [6, 6.07) is 3.00. The summed E-state index contributed by atoms with van der Waals surface area (Å²) in [6.45, 7) is 4.85. The van der Waals surface area contributed by atoms with Crippen LogP contribution in [0.15, 0.2) is 12.1 Å². The average molecular weight is 325 g/mol. The Hall–Kier alpha value is -1.66. The molecule has 1 aromatic carbocycles. The Morgan fingerprint density at radius 3 is 2.43 bits per heavy atom. The lowest BCUT2D eigenvalue weighted by Gasteiger charge is -2.38. The lowest BCUT2D eigenvalue weighted by atomic mass is 9.75. The van der Waals surface area contributed by atoms with E-state index in [1.807, 2.05) is 13.8 Å². The van der Waals surface area contributed by atoms with Crippen molar-refractivity contribution in [3.8, 4) is 5.75 Å². The fraction of sp³-hybridized carbons (Fsp3) is 0.588. The van der Waals surface area contributed by atoms with Crippen LogP contribution < -0.4 is 10.1 Å². The lowest BCUT2D eigenvalue weighted by Crippen LogP contribution is -2.48. The number of aliphatic hydroxyl groups is 1. The molecule has 1 aliphatic heterocycles. The molecule has 0 amide bonds.